The molecule has 696 valence electrons. The Labute approximate surface area is 709 Å². The molecule has 1 fully saturated rings. The average molecular weight is 1850 g/mol. The van der Waals surface area contributed by atoms with E-state index in [1.165, 1.54) is 24.3 Å². The van der Waals surface area contributed by atoms with Gasteiger partial charge in [0.15, 0.2) is 0 Å². The van der Waals surface area contributed by atoms with Gasteiger partial charge in [0.2, 0.25) is 40.1 Å². The van der Waals surface area contributed by atoms with Crippen LogP contribution in [0.5, 0.6) is 23.0 Å². The van der Waals surface area contributed by atoms with Gasteiger partial charge in [0.1, 0.15) is 165 Å². The van der Waals surface area contributed by atoms with E-state index in [0.29, 0.717) is 0 Å². The van der Waals surface area contributed by atoms with Crippen molar-refractivity contribution in [3.05, 3.63) is 95.1 Å². The fourth-order valence-electron chi connectivity index (χ4n) is 13.6. The number of rotatable bonds is 52. The van der Waals surface area contributed by atoms with Crippen molar-refractivity contribution in [2.75, 3.05) is 107 Å². The molecule has 1 aliphatic heterocycles. The average Bonchev–Trinajstić information content (AvgIpc) is 0.802. The van der Waals surface area contributed by atoms with E-state index >= 15 is 0 Å². The summed E-state index contributed by atoms with van der Waals surface area (Å²) in [5.41, 5.74) is -0.825. The van der Waals surface area contributed by atoms with E-state index in [2.05, 4.69) is 0 Å². The molecule has 0 radical (unpaired) electrons. The van der Waals surface area contributed by atoms with Gasteiger partial charge in [0.05, 0.1) is 81.0 Å². The Balaban J connectivity index is 2.03. The summed E-state index contributed by atoms with van der Waals surface area (Å²) in [4.78, 5) is 106. The van der Waals surface area contributed by atoms with Crippen molar-refractivity contribution in [1.82, 2.24) is 38.5 Å². The number of hydrogen-bond acceptors (Lipinski definition) is 40. The van der Waals surface area contributed by atoms with Gasteiger partial charge in [-0.1, -0.05) is 24.3 Å². The van der Waals surface area contributed by atoms with E-state index in [-0.39, 0.29) is 47.4 Å². The monoisotopic (exact) mass is 1850 g/mol. The minimum atomic E-state index is -5.29. The van der Waals surface area contributed by atoms with E-state index < -0.39 is 333 Å². The number of carbonyl (C=O) groups is 8. The van der Waals surface area contributed by atoms with Gasteiger partial charge >= 0.3 is 23.9 Å². The molecular formula is C72H104N8O40S4. The number of carboxylic acids is 4. The topological polar surface area (TPSA) is 776 Å². The summed E-state index contributed by atoms with van der Waals surface area (Å²) in [5, 5.41) is 209. The second-order valence-electron chi connectivity index (χ2n) is 28.7. The van der Waals surface area contributed by atoms with Gasteiger partial charge in [-0.05, 0) is 96.5 Å². The predicted molar refractivity (Wildman–Crippen MR) is 420 cm³/mol. The molecule has 1 heterocycles. The predicted octanol–water partition coefficient (Wildman–Crippen LogP) is -12.3. The molecule has 4 aromatic carbocycles. The maximum absolute atomic E-state index is 14.6. The third-order valence-electron chi connectivity index (χ3n) is 20.1. The standard InChI is InChI=1S/C72H104N8O40S4/c1-117-53-9-5-37(17-57(53)121(109,110)73-45(29-81)65(101)69(105)49(89)33-85)13-41-21-78(26-62(95)96)43(15-39-7-11-55(119-3)59(19-39)123(113,114)75-47(31-83)67(103)71(107)51(91)35-87)23-80(28-64(99)100)44(16-40-8-12-56(120-4)60(20-40)124(115,116)76-48(32-84)68(104)72(108)52(92)36-88)24-79(27-63(97)98)42(22-77(41)25-61(93)94)14-38-6-10-54(118-2)58(18-38)122(111,112)74-46(30-82)66(102)70(106)50(90)34-86/h5-12,17-20,29-32,41-52,65-76,85-92,101-108H,13-16,21-28,33-36H2,1-4H3,(H,93,94)(H,95,96)(H,97,98)(H,99,100)/t41-,42-,43-,44-,45-,46-,47-,48-,49+,50+,51+,52+,65+,66+,67+,68+,69+,70+,71+,72+/m0/s1. The highest BCUT2D eigenvalue weighted by atomic mass is 32.2. The Morgan fingerprint density at radius 1 is 0.331 bits per heavy atom. The van der Waals surface area contributed by atoms with Crippen LogP contribution in [0.3, 0.4) is 0 Å². The fraction of sp³-hybridized carbons (Fsp3) is 0.556. The number of nitrogens with zero attached hydrogens (tertiary/aromatic N) is 4. The number of carbonyl (C=O) groups excluding carboxylic acids is 4. The molecule has 1 aliphatic rings. The number of methoxy groups -OCH3 is 4. The lowest BCUT2D eigenvalue weighted by molar-refractivity contribution is -0.144. The minimum absolute atomic E-state index is 0.193. The first-order chi connectivity index (χ1) is 58.1. The van der Waals surface area contributed by atoms with Gasteiger partial charge in [-0.2, -0.15) is 18.9 Å². The third kappa shape index (κ3) is 28.7. The lowest BCUT2D eigenvalue weighted by Gasteiger charge is -2.45. The van der Waals surface area contributed by atoms with Crippen molar-refractivity contribution < 1.29 is 193 Å². The second kappa shape index (κ2) is 47.9. The Morgan fingerprint density at radius 3 is 0.637 bits per heavy atom. The lowest BCUT2D eigenvalue weighted by atomic mass is 9.95. The number of aliphatic carboxylic acids is 4. The molecule has 0 bridgehead atoms. The molecule has 1 saturated heterocycles. The van der Waals surface area contributed by atoms with Gasteiger partial charge in [-0.15, -0.1) is 0 Å². The van der Waals surface area contributed by atoms with Gasteiger partial charge in [-0.25, -0.2) is 33.7 Å². The first-order valence-corrected chi connectivity index (χ1v) is 43.1. The van der Waals surface area contributed by atoms with Crippen LogP contribution in [-0.2, 0) is 104 Å². The highest BCUT2D eigenvalue weighted by Crippen LogP contribution is 2.34. The zero-order chi connectivity index (χ0) is 93.4. The number of aldehydes is 4. The molecule has 124 heavy (non-hydrogen) atoms. The number of benzene rings is 4. The summed E-state index contributed by atoms with van der Waals surface area (Å²) in [6, 6.07) is -3.83. The SMILES string of the molecule is COc1ccc(C[C@H]2CN(CC(=O)O)[C@@H](Cc3ccc(OC)c(S(=O)(=O)N[C@@H](C=O)[C@@H](O)[C@H](O)[C@H](O)CO)c3)CN(CC(=O)O)[C@@H](Cc3ccc(OC)c(S(=O)(=O)N[C@@H](C=O)[C@@H](O)[C@H](O)[C@H](O)CO)c3)CN(CC(=O)O)[C@@H](Cc3ccc(OC)c(S(=O)(=O)N[C@@H](C=O)[C@@H](O)[C@H](O)[C@H](O)CO)c3)CN2CC(=O)O)cc1S(=O)(=O)N[C@@H](C=O)[C@@H](O)[C@H](O)[C@H](O)CO. The number of hydrogen-bond donors (Lipinski definition) is 24. The largest absolute Gasteiger partial charge is 0.495 e. The number of ether oxygens (including phenoxy) is 4. The van der Waals surface area contributed by atoms with Gasteiger partial charge < -0.3 is 140 Å². The smallest absolute Gasteiger partial charge is 0.317 e. The van der Waals surface area contributed by atoms with Crippen LogP contribution >= 0.6 is 0 Å². The Kier molecular flexibility index (Phi) is 40.9. The van der Waals surface area contributed by atoms with Crippen molar-refractivity contribution in [1.29, 1.82) is 0 Å². The molecule has 24 N–H and O–H groups in total. The number of sulfonamides is 4. The molecule has 0 unspecified atom stereocenters. The van der Waals surface area contributed by atoms with Crippen molar-refractivity contribution >= 4 is 89.1 Å². The van der Waals surface area contributed by atoms with E-state index in [9.17, 15) is 174 Å². The van der Waals surface area contributed by atoms with Crippen LogP contribution in [0, 0.1) is 0 Å². The maximum atomic E-state index is 14.6. The van der Waals surface area contributed by atoms with Crippen molar-refractivity contribution in [2.45, 2.75) is 167 Å². The van der Waals surface area contributed by atoms with Crippen LogP contribution < -0.4 is 37.8 Å². The molecule has 5 rings (SSSR count). The van der Waals surface area contributed by atoms with Crippen molar-refractivity contribution in [2.24, 2.45) is 0 Å². The fourth-order valence-corrected chi connectivity index (χ4v) is 19.2. The molecule has 52 heteroatoms. The lowest BCUT2D eigenvalue weighted by Crippen LogP contribution is -2.61. The molecule has 0 aliphatic carbocycles. The molecule has 20 atom stereocenters. The summed E-state index contributed by atoms with van der Waals surface area (Å²) < 4.78 is 146. The summed E-state index contributed by atoms with van der Waals surface area (Å²) in [6.07, 6.45) is -31.9. The highest BCUT2D eigenvalue weighted by Gasteiger charge is 2.43. The van der Waals surface area contributed by atoms with E-state index in [1.807, 2.05) is 18.9 Å². The molecule has 0 spiro atoms. The van der Waals surface area contributed by atoms with Crippen LogP contribution in [-0.4, -0.2) is 433 Å². The first kappa shape index (κ1) is 106. The van der Waals surface area contributed by atoms with E-state index in [4.69, 9.17) is 18.9 Å². The van der Waals surface area contributed by atoms with E-state index in [1.54, 1.807) is 0 Å². The zero-order valence-electron chi connectivity index (χ0n) is 66.6. The number of carboxylic acid groups (broad SMARTS) is 4. The van der Waals surface area contributed by atoms with Crippen LogP contribution in [0.25, 0.3) is 0 Å². The van der Waals surface area contributed by atoms with Crippen LogP contribution in [0.2, 0.25) is 0 Å². The van der Waals surface area contributed by atoms with E-state index in [0.717, 1.165) is 96.6 Å². The minimum Gasteiger partial charge on any atom is -0.495 e. The summed E-state index contributed by atoms with van der Waals surface area (Å²) in [6.45, 7) is -13.3. The summed E-state index contributed by atoms with van der Waals surface area (Å²) in [7, 11) is -17.3. The summed E-state index contributed by atoms with van der Waals surface area (Å²) in [5.74, 6) is -9.15. The van der Waals surface area contributed by atoms with Crippen molar-refractivity contribution in [3.63, 3.8) is 0 Å². The quantitative estimate of drug-likeness (QED) is 0.0183. The Hall–Kier alpha value is -8.52. The number of aliphatic hydroxyl groups excluding tert-OH is 16. The van der Waals surface area contributed by atoms with Crippen molar-refractivity contribution in [3.8, 4) is 23.0 Å². The molecule has 4 aromatic rings. The highest BCUT2D eigenvalue weighted by molar-refractivity contribution is 7.90. The zero-order valence-corrected chi connectivity index (χ0v) is 69.9. The summed E-state index contributed by atoms with van der Waals surface area (Å²) >= 11 is 0. The molecule has 0 amide bonds. The molecule has 0 saturated carbocycles. The normalized spacial score (nSPS) is 20.5. The first-order valence-electron chi connectivity index (χ1n) is 37.2. The Bertz CT molecular complexity index is 4160. The Morgan fingerprint density at radius 2 is 0.500 bits per heavy atom. The van der Waals surface area contributed by atoms with Gasteiger partial charge in [-0.3, -0.25) is 38.8 Å². The number of nitrogens with one attached hydrogen (secondary N) is 4. The molecular weight excluding hydrogens is 1750 g/mol. The molecule has 0 aromatic heterocycles. The van der Waals surface area contributed by atoms with Gasteiger partial charge in [0.25, 0.3) is 0 Å². The third-order valence-corrected chi connectivity index (χ3v) is 26.0. The van der Waals surface area contributed by atoms with Gasteiger partial charge in [0, 0.05) is 50.3 Å². The molecule has 48 nitrogen and oxygen atoms in total. The van der Waals surface area contributed by atoms with Crippen LogP contribution in [0.1, 0.15) is 22.3 Å². The van der Waals surface area contributed by atoms with Crippen LogP contribution in [0.4, 0.5) is 0 Å². The number of aliphatic hydroxyl groups is 16. The van der Waals surface area contributed by atoms with Crippen LogP contribution in [0.15, 0.2) is 92.4 Å². The maximum Gasteiger partial charge on any atom is 0.317 e. The second-order valence-corrected chi connectivity index (χ2v) is 35.5.